The first-order valence-electron chi connectivity index (χ1n) is 8.34. The third kappa shape index (κ3) is 5.53. The van der Waals surface area contributed by atoms with E-state index in [0.29, 0.717) is 12.2 Å². The maximum Gasteiger partial charge on any atom is 0.238 e. The smallest absolute Gasteiger partial charge is 0.238 e. The van der Waals surface area contributed by atoms with Crippen LogP contribution < -0.4 is 11.1 Å². The Labute approximate surface area is 165 Å². The van der Waals surface area contributed by atoms with Gasteiger partial charge in [0.1, 0.15) is 5.01 Å². The van der Waals surface area contributed by atoms with Gasteiger partial charge in [-0.1, -0.05) is 24.3 Å². The topological polar surface area (TPSA) is 88.3 Å². The number of benzene rings is 2. The van der Waals surface area contributed by atoms with Crippen LogP contribution >= 0.6 is 23.1 Å². The summed E-state index contributed by atoms with van der Waals surface area (Å²) in [5.41, 5.74) is 6.86. The van der Waals surface area contributed by atoms with Crippen LogP contribution in [0.25, 0.3) is 10.2 Å². The minimum absolute atomic E-state index is 0.120. The summed E-state index contributed by atoms with van der Waals surface area (Å²) in [6.07, 6.45) is 0. The number of fused-ring (bicyclic) bond motifs is 1. The normalized spacial score (nSPS) is 11.0. The molecule has 0 aliphatic heterocycles. The summed E-state index contributed by atoms with van der Waals surface area (Å²) in [7, 11) is 1.89. The number of aromatic nitrogens is 1. The summed E-state index contributed by atoms with van der Waals surface area (Å²) in [6, 6.07) is 15.4. The molecule has 8 heteroatoms. The molecule has 0 fully saturated rings. The first-order valence-corrected chi connectivity index (χ1v) is 10.1. The Morgan fingerprint density at radius 2 is 1.93 bits per heavy atom. The van der Waals surface area contributed by atoms with Gasteiger partial charge in [0.05, 0.1) is 34.7 Å². The second-order valence-corrected chi connectivity index (χ2v) is 8.18. The first kappa shape index (κ1) is 19.3. The zero-order valence-electron chi connectivity index (χ0n) is 14.8. The van der Waals surface area contributed by atoms with E-state index in [2.05, 4.69) is 10.3 Å². The number of para-hydroxylation sites is 2. The van der Waals surface area contributed by atoms with Crippen LogP contribution in [0.1, 0.15) is 5.01 Å². The lowest BCUT2D eigenvalue weighted by Crippen LogP contribution is -2.30. The molecule has 0 unspecified atom stereocenters. The molecule has 0 spiro atoms. The molecule has 27 heavy (non-hydrogen) atoms. The standard InChI is InChI=1S/C19H20N4O2S2/c1-23(11-19-22-14-7-3-5-9-16(14)27-19)10-18(25)21-13-6-2-4-8-15(13)26-12-17(20)24/h2-9H,10-12H2,1H3,(H2,20,24)(H,21,25). The predicted molar refractivity (Wildman–Crippen MR) is 111 cm³/mol. The van der Waals surface area contributed by atoms with E-state index < -0.39 is 5.91 Å². The van der Waals surface area contributed by atoms with E-state index in [1.165, 1.54) is 11.8 Å². The number of primary amides is 1. The first-order chi connectivity index (χ1) is 13.0. The van der Waals surface area contributed by atoms with E-state index in [1.807, 2.05) is 60.5 Å². The highest BCUT2D eigenvalue weighted by atomic mass is 32.2. The van der Waals surface area contributed by atoms with Crippen LogP contribution in [0.2, 0.25) is 0 Å². The zero-order valence-corrected chi connectivity index (χ0v) is 16.5. The van der Waals surface area contributed by atoms with Crippen molar-refractivity contribution in [3.63, 3.8) is 0 Å². The van der Waals surface area contributed by atoms with Crippen LogP contribution in [0.3, 0.4) is 0 Å². The van der Waals surface area contributed by atoms with Gasteiger partial charge < -0.3 is 11.1 Å². The van der Waals surface area contributed by atoms with Crippen molar-refractivity contribution in [3.8, 4) is 0 Å². The third-order valence-electron chi connectivity index (χ3n) is 3.69. The number of nitrogens with one attached hydrogen (secondary N) is 1. The van der Waals surface area contributed by atoms with Crippen LogP contribution in [0.5, 0.6) is 0 Å². The number of carbonyl (C=O) groups excluding carboxylic acids is 2. The molecule has 2 aromatic carbocycles. The van der Waals surface area contributed by atoms with Crippen LogP contribution in [-0.2, 0) is 16.1 Å². The summed E-state index contributed by atoms with van der Waals surface area (Å²) < 4.78 is 1.14. The van der Waals surface area contributed by atoms with Crippen molar-refractivity contribution >= 4 is 50.8 Å². The molecular formula is C19H20N4O2S2. The van der Waals surface area contributed by atoms with Gasteiger partial charge in [0.25, 0.3) is 0 Å². The number of nitrogens with two attached hydrogens (primary N) is 1. The highest BCUT2D eigenvalue weighted by molar-refractivity contribution is 8.00. The fraction of sp³-hybridized carbons (Fsp3) is 0.211. The Bertz CT molecular complexity index is 925. The minimum Gasteiger partial charge on any atom is -0.369 e. The van der Waals surface area contributed by atoms with Crippen molar-refractivity contribution in [2.75, 3.05) is 24.7 Å². The summed E-state index contributed by atoms with van der Waals surface area (Å²) >= 11 is 2.95. The number of thioether (sulfide) groups is 1. The van der Waals surface area contributed by atoms with Crippen molar-refractivity contribution in [1.29, 1.82) is 0 Å². The molecule has 0 saturated heterocycles. The zero-order chi connectivity index (χ0) is 19.2. The number of anilines is 1. The molecule has 6 nitrogen and oxygen atoms in total. The molecule has 0 saturated carbocycles. The van der Waals surface area contributed by atoms with Crippen molar-refractivity contribution in [1.82, 2.24) is 9.88 Å². The summed E-state index contributed by atoms with van der Waals surface area (Å²) in [5.74, 6) is -0.341. The second kappa shape index (κ2) is 8.98. The number of hydrogen-bond donors (Lipinski definition) is 2. The maximum absolute atomic E-state index is 12.4. The van der Waals surface area contributed by atoms with Crippen LogP contribution in [0, 0.1) is 0 Å². The SMILES string of the molecule is CN(CC(=O)Nc1ccccc1SCC(N)=O)Cc1nc2ccccc2s1. The molecule has 3 rings (SSSR count). The largest absolute Gasteiger partial charge is 0.369 e. The van der Waals surface area contributed by atoms with Gasteiger partial charge in [-0.25, -0.2) is 4.98 Å². The highest BCUT2D eigenvalue weighted by Gasteiger charge is 2.12. The quantitative estimate of drug-likeness (QED) is 0.568. The van der Waals surface area contributed by atoms with E-state index in [0.717, 1.165) is 20.1 Å². The molecule has 0 bridgehead atoms. The van der Waals surface area contributed by atoms with Crippen molar-refractivity contribution in [3.05, 3.63) is 53.5 Å². The van der Waals surface area contributed by atoms with Gasteiger partial charge >= 0.3 is 0 Å². The monoisotopic (exact) mass is 400 g/mol. The number of thiazole rings is 1. The number of rotatable bonds is 8. The Morgan fingerprint density at radius 1 is 1.19 bits per heavy atom. The van der Waals surface area contributed by atoms with E-state index in [4.69, 9.17) is 5.73 Å². The van der Waals surface area contributed by atoms with E-state index >= 15 is 0 Å². The average molecular weight is 401 g/mol. The Morgan fingerprint density at radius 3 is 2.70 bits per heavy atom. The predicted octanol–water partition coefficient (Wildman–Crippen LogP) is 2.94. The lowest BCUT2D eigenvalue weighted by Gasteiger charge is -2.16. The second-order valence-electron chi connectivity index (χ2n) is 6.05. The molecule has 0 atom stereocenters. The highest BCUT2D eigenvalue weighted by Crippen LogP contribution is 2.27. The molecule has 1 aromatic heterocycles. The molecule has 0 aliphatic carbocycles. The van der Waals surface area contributed by atoms with Crippen LogP contribution in [0.15, 0.2) is 53.4 Å². The fourth-order valence-corrected chi connectivity index (χ4v) is 4.35. The molecular weight excluding hydrogens is 380 g/mol. The summed E-state index contributed by atoms with van der Waals surface area (Å²) in [6.45, 7) is 0.843. The molecule has 2 amide bonds. The fourth-order valence-electron chi connectivity index (χ4n) is 2.55. The van der Waals surface area contributed by atoms with Gasteiger partial charge in [-0.3, -0.25) is 14.5 Å². The molecule has 3 N–H and O–H groups in total. The van der Waals surface area contributed by atoms with Crippen LogP contribution in [-0.4, -0.2) is 41.0 Å². The Hall–Kier alpha value is -2.42. The molecule has 3 aromatic rings. The Balaban J connectivity index is 1.58. The molecule has 0 radical (unpaired) electrons. The number of carbonyl (C=O) groups is 2. The van der Waals surface area contributed by atoms with E-state index in [-0.39, 0.29) is 18.2 Å². The molecule has 1 heterocycles. The van der Waals surface area contributed by atoms with Gasteiger partial charge in [0, 0.05) is 4.90 Å². The average Bonchev–Trinajstić information content (AvgIpc) is 3.02. The number of likely N-dealkylation sites (N-methyl/N-ethyl adjacent to an activating group) is 1. The lowest BCUT2D eigenvalue weighted by atomic mass is 10.3. The molecule has 140 valence electrons. The van der Waals surface area contributed by atoms with Gasteiger partial charge in [-0.15, -0.1) is 23.1 Å². The van der Waals surface area contributed by atoms with Crippen molar-refractivity contribution in [2.24, 2.45) is 5.73 Å². The van der Waals surface area contributed by atoms with Crippen molar-refractivity contribution in [2.45, 2.75) is 11.4 Å². The van der Waals surface area contributed by atoms with Gasteiger partial charge in [-0.05, 0) is 31.3 Å². The number of amides is 2. The third-order valence-corrected chi connectivity index (χ3v) is 5.80. The summed E-state index contributed by atoms with van der Waals surface area (Å²) in [5, 5.41) is 3.88. The van der Waals surface area contributed by atoms with Gasteiger partial charge in [0.2, 0.25) is 11.8 Å². The van der Waals surface area contributed by atoms with E-state index in [1.54, 1.807) is 11.3 Å². The van der Waals surface area contributed by atoms with Crippen molar-refractivity contribution < 1.29 is 9.59 Å². The van der Waals surface area contributed by atoms with Gasteiger partial charge in [-0.2, -0.15) is 0 Å². The molecule has 0 aliphatic rings. The number of nitrogens with zero attached hydrogens (tertiary/aromatic N) is 2. The van der Waals surface area contributed by atoms with Crippen LogP contribution in [0.4, 0.5) is 5.69 Å². The lowest BCUT2D eigenvalue weighted by molar-refractivity contribution is -0.117. The maximum atomic E-state index is 12.4. The minimum atomic E-state index is -0.392. The number of hydrogen-bond acceptors (Lipinski definition) is 6. The van der Waals surface area contributed by atoms with Gasteiger partial charge in [0.15, 0.2) is 0 Å². The Kier molecular flexibility index (Phi) is 6.44. The van der Waals surface area contributed by atoms with E-state index in [9.17, 15) is 9.59 Å². The summed E-state index contributed by atoms with van der Waals surface area (Å²) in [4.78, 5) is 30.7.